The number of hydrogen-bond acceptors (Lipinski definition) is 5. The van der Waals surface area contributed by atoms with Gasteiger partial charge in [-0.15, -0.1) is 0 Å². The van der Waals surface area contributed by atoms with E-state index in [0.29, 0.717) is 11.3 Å². The predicted octanol–water partition coefficient (Wildman–Crippen LogP) is 1.88. The molecule has 0 unspecified atom stereocenters. The number of anilines is 1. The SMILES string of the molecule is N#Cc1ccc(-c2cccc(NC3=CC(=O)N(CCO)C3=O)c2)cc1. The van der Waals surface area contributed by atoms with Gasteiger partial charge in [-0.05, 0) is 35.4 Å². The second-order valence-corrected chi connectivity index (χ2v) is 5.47. The number of rotatable bonds is 5. The molecule has 6 heteroatoms. The Morgan fingerprint density at radius 1 is 1.08 bits per heavy atom. The van der Waals surface area contributed by atoms with E-state index in [2.05, 4.69) is 11.4 Å². The van der Waals surface area contributed by atoms with Crippen LogP contribution in [0.5, 0.6) is 0 Å². The van der Waals surface area contributed by atoms with Crippen molar-refractivity contribution in [2.45, 2.75) is 0 Å². The molecule has 0 aliphatic carbocycles. The van der Waals surface area contributed by atoms with E-state index >= 15 is 0 Å². The minimum Gasteiger partial charge on any atom is -0.395 e. The van der Waals surface area contributed by atoms with Crippen LogP contribution in [-0.4, -0.2) is 35.0 Å². The number of nitrogens with zero attached hydrogens (tertiary/aromatic N) is 2. The number of hydrogen-bond donors (Lipinski definition) is 2. The molecule has 0 spiro atoms. The van der Waals surface area contributed by atoms with Crippen LogP contribution >= 0.6 is 0 Å². The maximum absolute atomic E-state index is 12.2. The highest BCUT2D eigenvalue weighted by atomic mass is 16.3. The molecule has 0 atom stereocenters. The minimum atomic E-state index is -0.456. The van der Waals surface area contributed by atoms with Gasteiger partial charge in [0.15, 0.2) is 0 Å². The zero-order chi connectivity index (χ0) is 17.8. The highest BCUT2D eigenvalue weighted by Crippen LogP contribution is 2.25. The summed E-state index contributed by atoms with van der Waals surface area (Å²) in [5, 5.41) is 20.7. The Bertz CT molecular complexity index is 895. The van der Waals surface area contributed by atoms with Crippen molar-refractivity contribution in [3.63, 3.8) is 0 Å². The smallest absolute Gasteiger partial charge is 0.277 e. The third-order valence-corrected chi connectivity index (χ3v) is 3.82. The fourth-order valence-electron chi connectivity index (χ4n) is 2.58. The van der Waals surface area contributed by atoms with E-state index in [1.165, 1.54) is 6.08 Å². The molecule has 3 rings (SSSR count). The lowest BCUT2D eigenvalue weighted by Crippen LogP contribution is -2.34. The molecule has 2 amide bonds. The van der Waals surface area contributed by atoms with Gasteiger partial charge in [0, 0.05) is 11.8 Å². The molecular weight excluding hydrogens is 318 g/mol. The first-order valence-corrected chi connectivity index (χ1v) is 7.68. The molecule has 0 saturated carbocycles. The van der Waals surface area contributed by atoms with E-state index in [1.807, 2.05) is 30.3 Å². The second kappa shape index (κ2) is 6.99. The lowest BCUT2D eigenvalue weighted by atomic mass is 10.0. The van der Waals surface area contributed by atoms with E-state index in [1.54, 1.807) is 18.2 Å². The quantitative estimate of drug-likeness (QED) is 0.815. The zero-order valence-corrected chi connectivity index (χ0v) is 13.3. The Balaban J connectivity index is 1.81. The van der Waals surface area contributed by atoms with Crippen LogP contribution in [0.3, 0.4) is 0 Å². The van der Waals surface area contributed by atoms with Crippen LogP contribution in [0, 0.1) is 11.3 Å². The number of amides is 2. The van der Waals surface area contributed by atoms with Gasteiger partial charge < -0.3 is 10.4 Å². The van der Waals surface area contributed by atoms with Gasteiger partial charge in [-0.3, -0.25) is 14.5 Å². The maximum atomic E-state index is 12.2. The van der Waals surface area contributed by atoms with Crippen LogP contribution in [-0.2, 0) is 9.59 Å². The summed E-state index contributed by atoms with van der Waals surface area (Å²) in [7, 11) is 0. The van der Waals surface area contributed by atoms with E-state index < -0.39 is 11.8 Å². The molecule has 2 N–H and O–H groups in total. The van der Waals surface area contributed by atoms with E-state index in [9.17, 15) is 9.59 Å². The summed E-state index contributed by atoms with van der Waals surface area (Å²) in [6.07, 6.45) is 1.23. The Morgan fingerprint density at radius 3 is 2.52 bits per heavy atom. The molecule has 1 aliphatic rings. The second-order valence-electron chi connectivity index (χ2n) is 5.47. The molecular formula is C19H15N3O3. The van der Waals surface area contributed by atoms with Crippen molar-refractivity contribution in [1.82, 2.24) is 4.90 Å². The third-order valence-electron chi connectivity index (χ3n) is 3.82. The summed E-state index contributed by atoms with van der Waals surface area (Å²) in [4.78, 5) is 24.9. The van der Waals surface area contributed by atoms with Gasteiger partial charge in [-0.2, -0.15) is 5.26 Å². The van der Waals surface area contributed by atoms with Crippen molar-refractivity contribution in [2.24, 2.45) is 0 Å². The normalized spacial score (nSPS) is 13.6. The van der Waals surface area contributed by atoms with Crippen LogP contribution in [0.25, 0.3) is 11.1 Å². The van der Waals surface area contributed by atoms with Crippen molar-refractivity contribution in [3.05, 3.63) is 65.9 Å². The number of benzene rings is 2. The molecule has 0 fully saturated rings. The maximum Gasteiger partial charge on any atom is 0.277 e. The number of nitrogens with one attached hydrogen (secondary N) is 1. The largest absolute Gasteiger partial charge is 0.395 e. The highest BCUT2D eigenvalue weighted by Gasteiger charge is 2.30. The van der Waals surface area contributed by atoms with Gasteiger partial charge in [-0.25, -0.2) is 0 Å². The minimum absolute atomic E-state index is 0.0232. The molecule has 0 aromatic heterocycles. The first-order valence-electron chi connectivity index (χ1n) is 7.68. The molecule has 25 heavy (non-hydrogen) atoms. The lowest BCUT2D eigenvalue weighted by Gasteiger charge is -2.13. The van der Waals surface area contributed by atoms with Crippen molar-refractivity contribution in [3.8, 4) is 17.2 Å². The first kappa shape index (κ1) is 16.4. The number of β-amino-alcohol motifs (C(OH)–C–C–N with tert-alkyl or cyclic N) is 1. The van der Waals surface area contributed by atoms with Crippen molar-refractivity contribution >= 4 is 17.5 Å². The van der Waals surface area contributed by atoms with Crippen molar-refractivity contribution in [2.75, 3.05) is 18.5 Å². The Labute approximate surface area is 144 Å². The van der Waals surface area contributed by atoms with Crippen LogP contribution in [0.1, 0.15) is 5.56 Å². The van der Waals surface area contributed by atoms with Gasteiger partial charge in [0.2, 0.25) is 0 Å². The molecule has 124 valence electrons. The number of aliphatic hydroxyl groups excluding tert-OH is 1. The number of aliphatic hydroxyl groups is 1. The summed E-state index contributed by atoms with van der Waals surface area (Å²) in [6.45, 7) is -0.294. The van der Waals surface area contributed by atoms with Crippen LogP contribution in [0.4, 0.5) is 5.69 Å². The van der Waals surface area contributed by atoms with Crippen LogP contribution < -0.4 is 5.32 Å². The number of carbonyl (C=O) groups excluding carboxylic acids is 2. The standard InChI is InChI=1S/C19H15N3O3/c20-12-13-4-6-14(7-5-13)15-2-1-3-16(10-15)21-17-11-18(24)22(8-9-23)19(17)25/h1-7,10-11,21,23H,8-9H2. The van der Waals surface area contributed by atoms with Gasteiger partial charge in [0.1, 0.15) is 5.70 Å². The molecule has 1 heterocycles. The van der Waals surface area contributed by atoms with E-state index in [4.69, 9.17) is 10.4 Å². The third kappa shape index (κ3) is 3.42. The predicted molar refractivity (Wildman–Crippen MR) is 92.1 cm³/mol. The fourth-order valence-corrected chi connectivity index (χ4v) is 2.58. The van der Waals surface area contributed by atoms with Gasteiger partial charge in [-0.1, -0.05) is 24.3 Å². The molecule has 2 aromatic carbocycles. The molecule has 6 nitrogen and oxygen atoms in total. The molecule has 1 aliphatic heterocycles. The van der Waals surface area contributed by atoms with Crippen molar-refractivity contribution in [1.29, 1.82) is 5.26 Å². The summed E-state index contributed by atoms with van der Waals surface area (Å²) in [5.74, 6) is -0.896. The van der Waals surface area contributed by atoms with Crippen LogP contribution in [0.15, 0.2) is 60.3 Å². The fraction of sp³-hybridized carbons (Fsp3) is 0.105. The summed E-state index contributed by atoms with van der Waals surface area (Å²) in [5.41, 5.74) is 3.28. The highest BCUT2D eigenvalue weighted by molar-refractivity contribution is 6.17. The zero-order valence-electron chi connectivity index (χ0n) is 13.3. The van der Waals surface area contributed by atoms with Gasteiger partial charge >= 0.3 is 0 Å². The van der Waals surface area contributed by atoms with Crippen molar-refractivity contribution < 1.29 is 14.7 Å². The van der Waals surface area contributed by atoms with Gasteiger partial charge in [0.05, 0.1) is 24.8 Å². The first-order chi connectivity index (χ1) is 12.1. The monoisotopic (exact) mass is 333 g/mol. The number of carbonyl (C=O) groups is 2. The number of imide groups is 1. The molecule has 2 aromatic rings. The molecule has 0 bridgehead atoms. The number of nitriles is 1. The van der Waals surface area contributed by atoms with Gasteiger partial charge in [0.25, 0.3) is 11.8 Å². The van der Waals surface area contributed by atoms with E-state index in [0.717, 1.165) is 16.0 Å². The lowest BCUT2D eigenvalue weighted by molar-refractivity contribution is -0.137. The van der Waals surface area contributed by atoms with E-state index in [-0.39, 0.29) is 18.8 Å². The topological polar surface area (TPSA) is 93.4 Å². The molecule has 0 saturated heterocycles. The summed E-state index contributed by atoms with van der Waals surface area (Å²) < 4.78 is 0. The van der Waals surface area contributed by atoms with Crippen LogP contribution in [0.2, 0.25) is 0 Å². The average Bonchev–Trinajstić information content (AvgIpc) is 2.90. The Morgan fingerprint density at radius 2 is 1.84 bits per heavy atom. The summed E-state index contributed by atoms with van der Waals surface area (Å²) >= 11 is 0. The average molecular weight is 333 g/mol. The summed E-state index contributed by atoms with van der Waals surface area (Å²) in [6, 6.07) is 16.7. The Kier molecular flexibility index (Phi) is 4.59. The molecule has 0 radical (unpaired) electrons. The Hall–Kier alpha value is -3.43.